The van der Waals surface area contributed by atoms with Crippen molar-refractivity contribution in [2.45, 2.75) is 6.43 Å². The van der Waals surface area contributed by atoms with Gasteiger partial charge in [0.25, 0.3) is 6.43 Å². The summed E-state index contributed by atoms with van der Waals surface area (Å²) in [4.78, 5) is 12.8. The van der Waals surface area contributed by atoms with Crippen molar-refractivity contribution in [1.82, 2.24) is 4.98 Å². The molecule has 0 saturated heterocycles. The van der Waals surface area contributed by atoms with Gasteiger partial charge in [-0.15, -0.1) is 0 Å². The van der Waals surface area contributed by atoms with Crippen molar-refractivity contribution in [2.24, 2.45) is 0 Å². The van der Waals surface area contributed by atoms with Crippen molar-refractivity contribution in [3.63, 3.8) is 0 Å². The quantitative estimate of drug-likeness (QED) is 0.600. The molecule has 1 aromatic heterocycles. The number of hydrogen-bond acceptors (Lipinski definition) is 4. The average molecular weight is 239 g/mol. The van der Waals surface area contributed by atoms with Gasteiger partial charge in [0, 0.05) is 11.1 Å². The van der Waals surface area contributed by atoms with E-state index in [2.05, 4.69) is 9.72 Å². The van der Waals surface area contributed by atoms with E-state index in [4.69, 9.17) is 11.6 Å². The van der Waals surface area contributed by atoms with Crippen LogP contribution in [0.15, 0.2) is 6.07 Å². The van der Waals surface area contributed by atoms with Crippen LogP contribution < -0.4 is 4.74 Å². The van der Waals surface area contributed by atoms with Gasteiger partial charge in [0.05, 0.1) is 12.7 Å². The molecule has 0 aliphatic rings. The number of nitrogens with zero attached hydrogens (tertiary/aromatic N) is 2. The smallest absolute Gasteiger partial charge is 0.386 e. The van der Waals surface area contributed by atoms with Gasteiger partial charge in [0.2, 0.25) is 0 Å². The number of hydrogen-bond donors (Lipinski definition) is 0. The molecule has 15 heavy (non-hydrogen) atoms. The molecule has 1 aromatic rings. The third-order valence-electron chi connectivity index (χ3n) is 1.56. The van der Waals surface area contributed by atoms with Crippen LogP contribution in [-0.2, 0) is 0 Å². The van der Waals surface area contributed by atoms with Crippen LogP contribution in [0.5, 0.6) is 5.88 Å². The largest absolute Gasteiger partial charge is 0.463 e. The molecular weight excluding hydrogens is 234 g/mol. The minimum atomic E-state index is -2.92. The van der Waals surface area contributed by atoms with Gasteiger partial charge in [-0.3, -0.25) is 0 Å². The molecule has 0 aliphatic heterocycles. The molecule has 1 rings (SSSR count). The Labute approximate surface area is 87.8 Å². The Morgan fingerprint density at radius 3 is 2.67 bits per heavy atom. The molecule has 8 heteroatoms. The lowest BCUT2D eigenvalue weighted by molar-refractivity contribution is -0.389. The minimum absolute atomic E-state index is 0.276. The molecule has 0 N–H and O–H groups in total. The van der Waals surface area contributed by atoms with Crippen LogP contribution in [0, 0.1) is 10.1 Å². The van der Waals surface area contributed by atoms with Crippen LogP contribution in [-0.4, -0.2) is 17.0 Å². The predicted molar refractivity (Wildman–Crippen MR) is 47.4 cm³/mol. The van der Waals surface area contributed by atoms with Gasteiger partial charge >= 0.3 is 11.7 Å². The summed E-state index contributed by atoms with van der Waals surface area (Å²) < 4.78 is 29.3. The lowest BCUT2D eigenvalue weighted by atomic mass is 10.2. The molecule has 0 aliphatic carbocycles. The predicted octanol–water partition coefficient (Wildman–Crippen LogP) is 2.59. The summed E-state index contributed by atoms with van der Waals surface area (Å²) >= 11 is 5.39. The lowest BCUT2D eigenvalue weighted by Gasteiger charge is -2.03. The Balaban J connectivity index is 3.40. The molecule has 82 valence electrons. The lowest BCUT2D eigenvalue weighted by Crippen LogP contribution is -2.00. The van der Waals surface area contributed by atoms with E-state index in [-0.39, 0.29) is 5.88 Å². The van der Waals surface area contributed by atoms with Gasteiger partial charge in [-0.1, -0.05) is 11.6 Å². The van der Waals surface area contributed by atoms with Crippen molar-refractivity contribution < 1.29 is 18.4 Å². The molecule has 0 spiro atoms. The second kappa shape index (κ2) is 4.35. The van der Waals surface area contributed by atoms with Crippen LogP contribution in [0.25, 0.3) is 0 Å². The maximum atomic E-state index is 12.4. The van der Waals surface area contributed by atoms with E-state index in [9.17, 15) is 18.9 Å². The third kappa shape index (κ3) is 2.30. The van der Waals surface area contributed by atoms with Crippen molar-refractivity contribution in [3.05, 3.63) is 26.8 Å². The first-order chi connectivity index (χ1) is 6.97. The second-order valence-electron chi connectivity index (χ2n) is 2.45. The van der Waals surface area contributed by atoms with E-state index in [1.165, 1.54) is 0 Å². The van der Waals surface area contributed by atoms with E-state index in [1.807, 2.05) is 0 Å². The van der Waals surface area contributed by atoms with Crippen LogP contribution in [0.3, 0.4) is 0 Å². The Morgan fingerprint density at radius 2 is 2.27 bits per heavy atom. The summed E-state index contributed by atoms with van der Waals surface area (Å²) in [6.07, 6.45) is -2.92. The highest BCUT2D eigenvalue weighted by Gasteiger charge is 2.26. The molecule has 5 nitrogen and oxygen atoms in total. The van der Waals surface area contributed by atoms with Gasteiger partial charge < -0.3 is 14.9 Å². The fourth-order valence-corrected chi connectivity index (χ4v) is 1.14. The first-order valence-electron chi connectivity index (χ1n) is 3.64. The van der Waals surface area contributed by atoms with Crippen LogP contribution >= 0.6 is 11.6 Å². The summed E-state index contributed by atoms with van der Waals surface area (Å²) in [5.41, 5.74) is -0.671. The van der Waals surface area contributed by atoms with Gasteiger partial charge in [-0.25, -0.2) is 8.78 Å². The van der Waals surface area contributed by atoms with Gasteiger partial charge in [-0.2, -0.15) is 0 Å². The van der Waals surface area contributed by atoms with Crippen molar-refractivity contribution in [3.8, 4) is 5.88 Å². The van der Waals surface area contributed by atoms with Crippen LogP contribution in [0.4, 0.5) is 14.6 Å². The number of ether oxygens (including phenoxy) is 1. The number of rotatable bonds is 3. The molecule has 0 aromatic carbocycles. The maximum absolute atomic E-state index is 12.4. The van der Waals surface area contributed by atoms with Crippen molar-refractivity contribution in [2.75, 3.05) is 7.11 Å². The Morgan fingerprint density at radius 1 is 1.67 bits per heavy atom. The minimum Gasteiger partial charge on any atom is -0.463 e. The molecular formula is C7H5ClF2N2O3. The zero-order chi connectivity index (χ0) is 11.6. The molecule has 0 radical (unpaired) electrons. The first kappa shape index (κ1) is 11.6. The Hall–Kier alpha value is -1.50. The number of nitro groups is 1. The normalized spacial score (nSPS) is 10.5. The highest BCUT2D eigenvalue weighted by atomic mass is 35.5. The van der Waals surface area contributed by atoms with Crippen LogP contribution in [0.2, 0.25) is 5.02 Å². The summed E-state index contributed by atoms with van der Waals surface area (Å²) in [5.74, 6) is -1.12. The van der Waals surface area contributed by atoms with Gasteiger partial charge in [0.1, 0.15) is 5.02 Å². The highest BCUT2D eigenvalue weighted by Crippen LogP contribution is 2.35. The summed E-state index contributed by atoms with van der Waals surface area (Å²) in [7, 11) is 1.16. The molecule has 0 bridgehead atoms. The average Bonchev–Trinajstić information content (AvgIpc) is 2.17. The summed E-state index contributed by atoms with van der Waals surface area (Å²) in [5, 5.41) is 9.75. The standard InChI is InChI=1S/C7H5ClF2N2O3/c1-15-4-2-3(6(9)10)5(8)7(11-4)12(13)14/h2,6H,1H3. The topological polar surface area (TPSA) is 65.3 Å². The van der Waals surface area contributed by atoms with E-state index in [0.29, 0.717) is 0 Å². The maximum Gasteiger partial charge on any atom is 0.386 e. The monoisotopic (exact) mass is 238 g/mol. The van der Waals surface area contributed by atoms with Gasteiger partial charge in [0.15, 0.2) is 0 Å². The Bertz CT molecular complexity index is 400. The highest BCUT2D eigenvalue weighted by molar-refractivity contribution is 6.33. The molecule has 0 saturated carbocycles. The van der Waals surface area contributed by atoms with E-state index >= 15 is 0 Å². The van der Waals surface area contributed by atoms with E-state index < -0.39 is 27.8 Å². The summed E-state index contributed by atoms with van der Waals surface area (Å²) in [6, 6.07) is 0.861. The van der Waals surface area contributed by atoms with Gasteiger partial charge in [-0.05, 0) is 4.92 Å². The number of halogens is 3. The van der Waals surface area contributed by atoms with Crippen molar-refractivity contribution in [1.29, 1.82) is 0 Å². The van der Waals surface area contributed by atoms with E-state index in [0.717, 1.165) is 13.2 Å². The molecule has 1 heterocycles. The van der Waals surface area contributed by atoms with E-state index in [1.54, 1.807) is 0 Å². The SMILES string of the molecule is COc1cc(C(F)F)c(Cl)c([N+](=O)[O-])n1. The third-order valence-corrected chi connectivity index (χ3v) is 1.95. The number of pyridine rings is 1. The molecule has 0 fully saturated rings. The first-order valence-corrected chi connectivity index (χ1v) is 4.02. The molecule has 0 amide bonds. The zero-order valence-corrected chi connectivity index (χ0v) is 8.16. The Kier molecular flexibility index (Phi) is 3.35. The summed E-state index contributed by atoms with van der Waals surface area (Å²) in [6.45, 7) is 0. The number of aromatic nitrogens is 1. The van der Waals surface area contributed by atoms with Crippen LogP contribution in [0.1, 0.15) is 12.0 Å². The molecule has 0 unspecified atom stereocenters. The zero-order valence-electron chi connectivity index (χ0n) is 7.41. The fourth-order valence-electron chi connectivity index (χ4n) is 0.896. The number of methoxy groups -OCH3 is 1. The fraction of sp³-hybridized carbons (Fsp3) is 0.286. The molecule has 0 atom stereocenters. The second-order valence-corrected chi connectivity index (χ2v) is 2.83. The number of alkyl halides is 2. The van der Waals surface area contributed by atoms with Crippen molar-refractivity contribution >= 4 is 17.4 Å².